The molecule has 2 heteroatoms. The highest BCUT2D eigenvalue weighted by Crippen LogP contribution is 2.23. The van der Waals surface area contributed by atoms with Crippen LogP contribution in [0.4, 0.5) is 0 Å². The first-order chi connectivity index (χ1) is 7.38. The van der Waals surface area contributed by atoms with E-state index in [1.807, 2.05) is 18.2 Å². The maximum atomic E-state index is 6.12. The van der Waals surface area contributed by atoms with Crippen molar-refractivity contribution < 1.29 is 0 Å². The fourth-order valence-corrected chi connectivity index (χ4v) is 1.88. The van der Waals surface area contributed by atoms with E-state index in [-0.39, 0.29) is 6.04 Å². The highest BCUT2D eigenvalue weighted by molar-refractivity contribution is 6.31. The van der Waals surface area contributed by atoms with Gasteiger partial charge in [0.25, 0.3) is 0 Å². The molecule has 1 atom stereocenters. The molecule has 0 aliphatic rings. The fourth-order valence-electron chi connectivity index (χ4n) is 1.67. The van der Waals surface area contributed by atoms with Gasteiger partial charge in [-0.3, -0.25) is 0 Å². The van der Waals surface area contributed by atoms with E-state index >= 15 is 0 Å². The summed E-state index contributed by atoms with van der Waals surface area (Å²) in [6.45, 7) is 6.74. The smallest absolute Gasteiger partial charge is 0.0438 e. The van der Waals surface area contributed by atoms with Gasteiger partial charge in [0.1, 0.15) is 0 Å². The normalized spacial score (nSPS) is 13.8. The molecular weight excluding hydrogens is 218 g/mol. The Labute approximate surface area is 104 Å². The maximum Gasteiger partial charge on any atom is 0.0438 e. The summed E-state index contributed by atoms with van der Waals surface area (Å²) in [6.07, 6.45) is 3.07. The number of hydrogen-bond acceptors (Lipinski definition) is 1. The van der Waals surface area contributed by atoms with E-state index in [1.54, 1.807) is 0 Å². The van der Waals surface area contributed by atoms with Gasteiger partial charge in [-0.25, -0.2) is 0 Å². The summed E-state index contributed by atoms with van der Waals surface area (Å²) in [7, 11) is 0. The molecule has 0 fully saturated rings. The molecule has 0 aliphatic carbocycles. The number of benzene rings is 1. The van der Waals surface area contributed by atoms with Gasteiger partial charge in [-0.05, 0) is 36.3 Å². The zero-order chi connectivity index (χ0) is 12.2. The summed E-state index contributed by atoms with van der Waals surface area (Å²) in [5.41, 5.74) is 7.64. The van der Waals surface area contributed by atoms with Crippen LogP contribution in [0, 0.1) is 5.41 Å². The minimum atomic E-state index is 0.208. The first-order valence-electron chi connectivity index (χ1n) is 5.87. The van der Waals surface area contributed by atoms with E-state index < -0.39 is 0 Å². The molecule has 0 heterocycles. The molecule has 0 saturated heterocycles. The van der Waals surface area contributed by atoms with Crippen LogP contribution < -0.4 is 5.73 Å². The minimum Gasteiger partial charge on any atom is -0.327 e. The Morgan fingerprint density at radius 1 is 1.25 bits per heavy atom. The molecule has 0 amide bonds. The summed E-state index contributed by atoms with van der Waals surface area (Å²) in [5, 5.41) is 0.828. The number of hydrogen-bond donors (Lipinski definition) is 1. The van der Waals surface area contributed by atoms with E-state index in [0.717, 1.165) is 29.8 Å². The topological polar surface area (TPSA) is 26.0 Å². The monoisotopic (exact) mass is 239 g/mol. The molecule has 0 aromatic heterocycles. The Hall–Kier alpha value is -0.530. The molecule has 0 radical (unpaired) electrons. The van der Waals surface area contributed by atoms with Crippen molar-refractivity contribution in [1.29, 1.82) is 0 Å². The number of rotatable bonds is 4. The molecule has 16 heavy (non-hydrogen) atoms. The first kappa shape index (κ1) is 13.5. The molecule has 0 saturated carbocycles. The number of nitrogens with two attached hydrogens (primary N) is 1. The Kier molecular flexibility index (Phi) is 4.82. The van der Waals surface area contributed by atoms with Gasteiger partial charge < -0.3 is 5.73 Å². The van der Waals surface area contributed by atoms with Crippen molar-refractivity contribution in [2.75, 3.05) is 0 Å². The molecule has 1 rings (SSSR count). The first-order valence-corrected chi connectivity index (χ1v) is 6.25. The van der Waals surface area contributed by atoms with Crippen molar-refractivity contribution in [2.24, 2.45) is 11.1 Å². The quantitative estimate of drug-likeness (QED) is 0.844. The van der Waals surface area contributed by atoms with Crippen LogP contribution in [0.3, 0.4) is 0 Å². The van der Waals surface area contributed by atoms with E-state index in [0.29, 0.717) is 5.41 Å². The molecule has 0 bridgehead atoms. The summed E-state index contributed by atoms with van der Waals surface area (Å²) >= 11 is 6.10. The second-order valence-corrected chi connectivity index (χ2v) is 6.06. The second kappa shape index (κ2) is 5.70. The van der Waals surface area contributed by atoms with Gasteiger partial charge in [-0.2, -0.15) is 0 Å². The highest BCUT2D eigenvalue weighted by Gasteiger charge is 2.13. The predicted molar refractivity (Wildman–Crippen MR) is 71.8 cm³/mol. The summed E-state index contributed by atoms with van der Waals surface area (Å²) in [6, 6.07) is 8.15. The Balaban J connectivity index is 2.46. The third-order valence-corrected chi connectivity index (χ3v) is 3.07. The zero-order valence-electron chi connectivity index (χ0n) is 10.5. The number of halogens is 1. The van der Waals surface area contributed by atoms with Crippen molar-refractivity contribution in [3.05, 3.63) is 34.9 Å². The molecule has 1 nitrogen and oxygen atoms in total. The van der Waals surface area contributed by atoms with Crippen molar-refractivity contribution in [1.82, 2.24) is 0 Å². The Morgan fingerprint density at radius 2 is 1.88 bits per heavy atom. The molecule has 2 N–H and O–H groups in total. The van der Waals surface area contributed by atoms with Crippen molar-refractivity contribution in [2.45, 2.75) is 46.1 Å². The lowest BCUT2D eigenvalue weighted by atomic mass is 9.87. The van der Waals surface area contributed by atoms with Crippen LogP contribution in [0.5, 0.6) is 0 Å². The van der Waals surface area contributed by atoms with Crippen LogP contribution in [0.25, 0.3) is 0 Å². The van der Waals surface area contributed by atoms with Crippen LogP contribution in [-0.2, 0) is 6.42 Å². The van der Waals surface area contributed by atoms with E-state index in [1.165, 1.54) is 0 Å². The van der Waals surface area contributed by atoms with Gasteiger partial charge in [0.05, 0.1) is 0 Å². The third-order valence-electron chi connectivity index (χ3n) is 2.71. The van der Waals surface area contributed by atoms with E-state index in [9.17, 15) is 0 Å². The van der Waals surface area contributed by atoms with Crippen LogP contribution in [-0.4, -0.2) is 6.04 Å². The molecule has 0 aliphatic heterocycles. The van der Waals surface area contributed by atoms with Crippen molar-refractivity contribution in [3.63, 3.8) is 0 Å². The molecular formula is C14H22ClN. The minimum absolute atomic E-state index is 0.208. The summed E-state index contributed by atoms with van der Waals surface area (Å²) in [5.74, 6) is 0. The van der Waals surface area contributed by atoms with Gasteiger partial charge in [0.15, 0.2) is 0 Å². The van der Waals surface area contributed by atoms with Gasteiger partial charge in [0.2, 0.25) is 0 Å². The Bertz CT molecular complexity index is 328. The maximum absolute atomic E-state index is 6.12. The van der Waals surface area contributed by atoms with Crippen LogP contribution >= 0.6 is 11.6 Å². The molecule has 90 valence electrons. The Morgan fingerprint density at radius 3 is 2.44 bits per heavy atom. The van der Waals surface area contributed by atoms with Crippen LogP contribution in [0.2, 0.25) is 5.02 Å². The summed E-state index contributed by atoms with van der Waals surface area (Å²) in [4.78, 5) is 0. The third kappa shape index (κ3) is 5.00. The van der Waals surface area contributed by atoms with Crippen LogP contribution in [0.1, 0.15) is 39.2 Å². The predicted octanol–water partition coefficient (Wildman–Crippen LogP) is 4.04. The van der Waals surface area contributed by atoms with Gasteiger partial charge in [-0.15, -0.1) is 0 Å². The van der Waals surface area contributed by atoms with E-state index in [4.69, 9.17) is 17.3 Å². The highest BCUT2D eigenvalue weighted by atomic mass is 35.5. The van der Waals surface area contributed by atoms with Crippen molar-refractivity contribution in [3.8, 4) is 0 Å². The second-order valence-electron chi connectivity index (χ2n) is 5.65. The molecule has 0 spiro atoms. The summed E-state index contributed by atoms with van der Waals surface area (Å²) < 4.78 is 0. The standard InChI is InChI=1S/C14H22ClN/c1-14(2,3)9-8-12(16)10-11-6-4-5-7-13(11)15/h4-7,12H,8-10,16H2,1-3H3. The fraction of sp³-hybridized carbons (Fsp3) is 0.571. The lowest BCUT2D eigenvalue weighted by Gasteiger charge is -2.21. The average Bonchev–Trinajstić information content (AvgIpc) is 2.18. The van der Waals surface area contributed by atoms with Gasteiger partial charge in [0, 0.05) is 11.1 Å². The van der Waals surface area contributed by atoms with E-state index in [2.05, 4.69) is 26.8 Å². The average molecular weight is 240 g/mol. The largest absolute Gasteiger partial charge is 0.327 e. The lowest BCUT2D eigenvalue weighted by Crippen LogP contribution is -2.24. The molecule has 1 unspecified atom stereocenters. The molecule has 1 aromatic carbocycles. The van der Waals surface area contributed by atoms with Gasteiger partial charge >= 0.3 is 0 Å². The van der Waals surface area contributed by atoms with Crippen molar-refractivity contribution >= 4 is 11.6 Å². The lowest BCUT2D eigenvalue weighted by molar-refractivity contribution is 0.347. The SMILES string of the molecule is CC(C)(C)CCC(N)Cc1ccccc1Cl. The zero-order valence-corrected chi connectivity index (χ0v) is 11.2. The van der Waals surface area contributed by atoms with Gasteiger partial charge in [-0.1, -0.05) is 50.6 Å². The van der Waals surface area contributed by atoms with Crippen LogP contribution in [0.15, 0.2) is 24.3 Å². The molecule has 1 aromatic rings.